The third-order valence-corrected chi connectivity index (χ3v) is 5.52. The van der Waals surface area contributed by atoms with Crippen molar-refractivity contribution in [3.8, 4) is 0 Å². The zero-order valence-electron chi connectivity index (χ0n) is 11.6. The molecule has 0 unspecified atom stereocenters. The van der Waals surface area contributed by atoms with E-state index in [1.807, 2.05) is 18.2 Å². The molecule has 6 heteroatoms. The maximum Gasteiger partial charge on any atom is 0.284 e. The minimum absolute atomic E-state index is 0.0703. The van der Waals surface area contributed by atoms with Gasteiger partial charge < -0.3 is 5.32 Å². The Balaban J connectivity index is 1.91. The highest BCUT2D eigenvalue weighted by molar-refractivity contribution is 8.14. The third kappa shape index (κ3) is 2.29. The molecule has 2 aromatic carbocycles. The zero-order valence-corrected chi connectivity index (χ0v) is 13.9. The molecule has 1 aliphatic heterocycles. The van der Waals surface area contributed by atoms with Gasteiger partial charge in [0.1, 0.15) is 0 Å². The third-order valence-electron chi connectivity index (χ3n) is 3.91. The van der Waals surface area contributed by atoms with E-state index in [0.29, 0.717) is 32.4 Å². The van der Waals surface area contributed by atoms with Gasteiger partial charge in [-0.05, 0) is 17.7 Å². The number of halogens is 2. The average molecular weight is 362 g/mol. The molecule has 23 heavy (non-hydrogen) atoms. The lowest BCUT2D eigenvalue weighted by Crippen LogP contribution is -2.25. The molecule has 2 aromatic rings. The van der Waals surface area contributed by atoms with Crippen molar-refractivity contribution in [2.75, 3.05) is 0 Å². The lowest BCUT2D eigenvalue weighted by molar-refractivity contribution is 0.103. The van der Waals surface area contributed by atoms with Crippen molar-refractivity contribution in [1.82, 2.24) is 5.32 Å². The van der Waals surface area contributed by atoms with Crippen molar-refractivity contribution in [1.29, 1.82) is 0 Å². The highest BCUT2D eigenvalue weighted by Gasteiger charge is 2.41. The van der Waals surface area contributed by atoms with Gasteiger partial charge in [-0.3, -0.25) is 9.59 Å². The van der Waals surface area contributed by atoms with Crippen molar-refractivity contribution < 1.29 is 9.59 Å². The summed E-state index contributed by atoms with van der Waals surface area (Å²) in [5.41, 5.74) is 3.24. The van der Waals surface area contributed by atoms with Crippen LogP contribution in [-0.2, 0) is 0 Å². The van der Waals surface area contributed by atoms with E-state index in [2.05, 4.69) is 5.32 Å². The average Bonchev–Trinajstić information content (AvgIpc) is 2.80. The first-order valence-electron chi connectivity index (χ1n) is 6.87. The lowest BCUT2D eigenvalue weighted by atomic mass is 10.0. The summed E-state index contributed by atoms with van der Waals surface area (Å²) >= 11 is 13.3. The smallest absolute Gasteiger partial charge is 0.284 e. The van der Waals surface area contributed by atoms with Crippen LogP contribution in [0.5, 0.6) is 0 Å². The van der Waals surface area contributed by atoms with E-state index in [9.17, 15) is 9.59 Å². The Morgan fingerprint density at radius 2 is 1.74 bits per heavy atom. The maximum atomic E-state index is 12.8. The minimum Gasteiger partial charge on any atom is -0.316 e. The number of ketones is 1. The van der Waals surface area contributed by atoms with Crippen molar-refractivity contribution in [3.05, 3.63) is 74.8 Å². The van der Waals surface area contributed by atoms with Crippen molar-refractivity contribution in [2.45, 2.75) is 5.25 Å². The molecule has 0 spiro atoms. The molecule has 0 radical (unpaired) electrons. The van der Waals surface area contributed by atoms with Crippen molar-refractivity contribution >= 4 is 51.7 Å². The summed E-state index contributed by atoms with van der Waals surface area (Å²) in [5, 5.41) is 3.12. The Morgan fingerprint density at radius 3 is 2.48 bits per heavy atom. The monoisotopic (exact) mass is 361 g/mol. The number of amides is 1. The van der Waals surface area contributed by atoms with E-state index in [-0.39, 0.29) is 11.0 Å². The molecule has 1 atom stereocenters. The van der Waals surface area contributed by atoms with Gasteiger partial charge in [-0.1, -0.05) is 65.3 Å². The molecule has 3 nitrogen and oxygen atoms in total. The second-order valence-corrected chi connectivity index (χ2v) is 7.16. The molecule has 1 heterocycles. The molecule has 114 valence electrons. The minimum atomic E-state index is -0.441. The topological polar surface area (TPSA) is 46.2 Å². The van der Waals surface area contributed by atoms with Gasteiger partial charge in [0.25, 0.3) is 5.24 Å². The summed E-state index contributed by atoms with van der Waals surface area (Å²) in [6.07, 6.45) is 0. The highest BCUT2D eigenvalue weighted by Crippen LogP contribution is 2.49. The summed E-state index contributed by atoms with van der Waals surface area (Å²) in [6, 6.07) is 12.4. The Hall–Kier alpha value is -1.75. The standard InChI is InChI=1S/C17H9Cl2NO2S/c18-8-5-6-11(12(19)7-8)16-13-14(20-17(22)23-16)9-3-1-2-4-10(9)15(13)21/h1-7,16H,(H,20,22)/t16-/m1/s1. The molecule has 2 aliphatic rings. The fourth-order valence-electron chi connectivity index (χ4n) is 2.92. The van der Waals surface area contributed by atoms with E-state index in [0.717, 1.165) is 17.3 Å². The number of carbonyl (C=O) groups is 2. The van der Waals surface area contributed by atoms with E-state index >= 15 is 0 Å². The van der Waals surface area contributed by atoms with Gasteiger partial charge in [0, 0.05) is 26.7 Å². The number of hydrogen-bond donors (Lipinski definition) is 1. The number of benzene rings is 2. The van der Waals surface area contributed by atoms with Crippen LogP contribution in [0.3, 0.4) is 0 Å². The molecule has 1 N–H and O–H groups in total. The molecule has 0 saturated carbocycles. The Kier molecular flexibility index (Phi) is 3.48. The van der Waals surface area contributed by atoms with Crippen molar-refractivity contribution in [3.63, 3.8) is 0 Å². The summed E-state index contributed by atoms with van der Waals surface area (Å²) in [7, 11) is 0. The van der Waals surface area contributed by atoms with E-state index in [1.54, 1.807) is 24.3 Å². The fraction of sp³-hybridized carbons (Fsp3) is 0.0588. The number of rotatable bonds is 1. The first kappa shape index (κ1) is 14.8. The predicted molar refractivity (Wildman–Crippen MR) is 93.0 cm³/mol. The van der Waals surface area contributed by atoms with Gasteiger partial charge in [-0.2, -0.15) is 0 Å². The molecule has 4 rings (SSSR count). The first-order valence-corrected chi connectivity index (χ1v) is 8.50. The largest absolute Gasteiger partial charge is 0.316 e. The summed E-state index contributed by atoms with van der Waals surface area (Å²) in [6.45, 7) is 0. The molecule has 0 bridgehead atoms. The van der Waals surface area contributed by atoms with Gasteiger partial charge in [0.2, 0.25) is 0 Å². The number of fused-ring (bicyclic) bond motifs is 2. The molecular weight excluding hydrogens is 353 g/mol. The molecule has 0 saturated heterocycles. The second-order valence-electron chi connectivity index (χ2n) is 5.24. The summed E-state index contributed by atoms with van der Waals surface area (Å²) in [5.74, 6) is -0.0703. The molecule has 0 aromatic heterocycles. The van der Waals surface area contributed by atoms with Crippen LogP contribution in [0.4, 0.5) is 4.79 Å². The van der Waals surface area contributed by atoms with Gasteiger partial charge in [-0.15, -0.1) is 0 Å². The number of thioether (sulfide) groups is 1. The van der Waals surface area contributed by atoms with Crippen LogP contribution in [0.15, 0.2) is 48.0 Å². The number of nitrogens with one attached hydrogen (secondary N) is 1. The number of Topliss-reactive ketones (excluding diaryl/α,β-unsaturated/α-hetero) is 1. The zero-order chi connectivity index (χ0) is 16.1. The van der Waals surface area contributed by atoms with Crippen LogP contribution in [0, 0.1) is 0 Å². The second kappa shape index (κ2) is 5.41. The highest BCUT2D eigenvalue weighted by atomic mass is 35.5. The van der Waals surface area contributed by atoms with Gasteiger partial charge in [0.05, 0.1) is 10.9 Å². The molecular formula is C17H9Cl2NO2S. The van der Waals surface area contributed by atoms with Crippen LogP contribution < -0.4 is 5.32 Å². The molecule has 1 amide bonds. The maximum absolute atomic E-state index is 12.8. The van der Waals surface area contributed by atoms with Crippen LogP contribution in [-0.4, -0.2) is 11.0 Å². The van der Waals surface area contributed by atoms with Crippen LogP contribution in [0.1, 0.15) is 26.7 Å². The quantitative estimate of drug-likeness (QED) is 0.768. The van der Waals surface area contributed by atoms with Crippen LogP contribution in [0.25, 0.3) is 5.70 Å². The van der Waals surface area contributed by atoms with Gasteiger partial charge >= 0.3 is 0 Å². The van der Waals surface area contributed by atoms with Crippen LogP contribution in [0.2, 0.25) is 10.0 Å². The number of hydrogen-bond acceptors (Lipinski definition) is 3. The van der Waals surface area contributed by atoms with E-state index < -0.39 is 5.25 Å². The van der Waals surface area contributed by atoms with Crippen molar-refractivity contribution in [2.24, 2.45) is 0 Å². The predicted octanol–water partition coefficient (Wildman–Crippen LogP) is 5.10. The molecule has 1 aliphatic carbocycles. The van der Waals surface area contributed by atoms with Crippen LogP contribution >= 0.6 is 35.0 Å². The Bertz CT molecular complexity index is 907. The van der Waals surface area contributed by atoms with E-state index in [4.69, 9.17) is 23.2 Å². The lowest BCUT2D eigenvalue weighted by Gasteiger charge is -2.24. The SMILES string of the molecule is O=C1NC2=C(C(=O)c3ccccc32)[C@@H](c2ccc(Cl)cc2Cl)S1. The number of carbonyl (C=O) groups excluding carboxylic acids is 2. The Labute approximate surface area is 146 Å². The summed E-state index contributed by atoms with van der Waals surface area (Å²) < 4.78 is 0. The summed E-state index contributed by atoms with van der Waals surface area (Å²) in [4.78, 5) is 24.9. The normalized spacial score (nSPS) is 19.5. The fourth-order valence-corrected chi connectivity index (χ4v) is 4.55. The first-order chi connectivity index (χ1) is 11.1. The van der Waals surface area contributed by atoms with E-state index in [1.165, 1.54) is 0 Å². The Morgan fingerprint density at radius 1 is 1.00 bits per heavy atom. The van der Waals surface area contributed by atoms with Gasteiger partial charge in [-0.25, -0.2) is 0 Å². The van der Waals surface area contributed by atoms with Gasteiger partial charge in [0.15, 0.2) is 5.78 Å². The molecule has 0 fully saturated rings.